The highest BCUT2D eigenvalue weighted by atomic mass is 16.3. The van der Waals surface area contributed by atoms with Crippen LogP contribution in [-0.4, -0.2) is 10.6 Å². The number of hydrogen-bond donors (Lipinski definition) is 2. The van der Waals surface area contributed by atoms with E-state index in [0.29, 0.717) is 5.75 Å². The lowest BCUT2D eigenvalue weighted by molar-refractivity contribution is 0.337. The first-order chi connectivity index (χ1) is 9.08. The highest BCUT2D eigenvalue weighted by Gasteiger charge is 2.37. The molecular formula is C17H21NO. The molecular weight excluding hydrogens is 234 g/mol. The highest BCUT2D eigenvalue weighted by molar-refractivity contribution is 5.87. The fraction of sp³-hybridized carbons (Fsp3) is 0.412. The van der Waals surface area contributed by atoms with Crippen molar-refractivity contribution in [1.82, 2.24) is 5.32 Å². The number of hydrogen-bond acceptors (Lipinski definition) is 2. The maximum Gasteiger partial charge on any atom is 0.120 e. The summed E-state index contributed by atoms with van der Waals surface area (Å²) in [5.41, 5.74) is 1.16. The topological polar surface area (TPSA) is 32.3 Å². The average molecular weight is 255 g/mol. The molecule has 0 aliphatic heterocycles. The third-order valence-electron chi connectivity index (χ3n) is 4.33. The molecule has 2 aromatic carbocycles. The van der Waals surface area contributed by atoms with E-state index in [1.165, 1.54) is 18.2 Å². The second-order valence-electron chi connectivity index (χ2n) is 6.13. The van der Waals surface area contributed by atoms with Gasteiger partial charge in [0, 0.05) is 17.6 Å². The Morgan fingerprint density at radius 2 is 1.89 bits per heavy atom. The average Bonchev–Trinajstić information content (AvgIpc) is 3.22. The van der Waals surface area contributed by atoms with Crippen LogP contribution in [0.5, 0.6) is 5.75 Å². The number of phenols is 1. The Morgan fingerprint density at radius 1 is 1.16 bits per heavy atom. The Hall–Kier alpha value is -1.54. The van der Waals surface area contributed by atoms with Crippen molar-refractivity contribution in [3.8, 4) is 5.75 Å². The van der Waals surface area contributed by atoms with Gasteiger partial charge in [-0.25, -0.2) is 0 Å². The molecule has 0 bridgehead atoms. The minimum absolute atomic E-state index is 0.156. The molecule has 1 saturated carbocycles. The minimum atomic E-state index is 0.156. The molecule has 1 aliphatic rings. The van der Waals surface area contributed by atoms with Gasteiger partial charge in [-0.2, -0.15) is 0 Å². The summed E-state index contributed by atoms with van der Waals surface area (Å²) >= 11 is 0. The summed E-state index contributed by atoms with van der Waals surface area (Å²) in [5.74, 6) is 1.17. The van der Waals surface area contributed by atoms with Crippen molar-refractivity contribution in [1.29, 1.82) is 0 Å². The number of nitrogens with one attached hydrogen (secondary N) is 1. The van der Waals surface area contributed by atoms with Gasteiger partial charge in [0.15, 0.2) is 0 Å². The molecule has 0 atom stereocenters. The molecule has 0 spiro atoms. The maximum atomic E-state index is 10.1. The SMILES string of the molecule is CC(C)(NCc1c(O)ccc2ccccc12)C1CC1. The largest absolute Gasteiger partial charge is 0.508 e. The molecule has 2 nitrogen and oxygen atoms in total. The predicted octanol–water partition coefficient (Wildman–Crippen LogP) is 3.82. The van der Waals surface area contributed by atoms with Crippen LogP contribution in [0.25, 0.3) is 10.8 Å². The van der Waals surface area contributed by atoms with Crippen molar-refractivity contribution in [2.24, 2.45) is 5.92 Å². The zero-order chi connectivity index (χ0) is 13.5. The number of fused-ring (bicyclic) bond motifs is 1. The van der Waals surface area contributed by atoms with Gasteiger partial charge in [-0.1, -0.05) is 30.3 Å². The molecule has 100 valence electrons. The molecule has 19 heavy (non-hydrogen) atoms. The van der Waals surface area contributed by atoms with E-state index in [0.717, 1.165) is 23.4 Å². The van der Waals surface area contributed by atoms with Gasteiger partial charge in [0.25, 0.3) is 0 Å². The van der Waals surface area contributed by atoms with Gasteiger partial charge >= 0.3 is 0 Å². The lowest BCUT2D eigenvalue weighted by Gasteiger charge is -2.27. The molecule has 1 fully saturated rings. The molecule has 2 aromatic rings. The quantitative estimate of drug-likeness (QED) is 0.870. The standard InChI is InChI=1S/C17H21NO/c1-17(2,13-8-9-13)18-11-15-14-6-4-3-5-12(14)7-10-16(15)19/h3-7,10,13,18-19H,8-9,11H2,1-2H3. The molecule has 0 aromatic heterocycles. The first-order valence-electron chi connectivity index (χ1n) is 7.02. The Bertz CT molecular complexity index is 599. The summed E-state index contributed by atoms with van der Waals surface area (Å²) in [6.07, 6.45) is 2.64. The summed E-state index contributed by atoms with van der Waals surface area (Å²) in [5, 5.41) is 16.1. The summed E-state index contributed by atoms with van der Waals surface area (Å²) in [6.45, 7) is 5.23. The first kappa shape index (κ1) is 12.5. The van der Waals surface area contributed by atoms with E-state index < -0.39 is 0 Å². The van der Waals surface area contributed by atoms with Crippen LogP contribution in [0.3, 0.4) is 0 Å². The van der Waals surface area contributed by atoms with Crippen molar-refractivity contribution < 1.29 is 5.11 Å². The second-order valence-corrected chi connectivity index (χ2v) is 6.13. The molecule has 0 radical (unpaired) electrons. The summed E-state index contributed by atoms with van der Waals surface area (Å²) in [4.78, 5) is 0. The predicted molar refractivity (Wildman–Crippen MR) is 79.3 cm³/mol. The van der Waals surface area contributed by atoms with Gasteiger partial charge in [0.2, 0.25) is 0 Å². The Morgan fingerprint density at radius 3 is 2.63 bits per heavy atom. The molecule has 2 heteroatoms. The molecule has 0 saturated heterocycles. The number of phenolic OH excluding ortho intramolecular Hbond substituents is 1. The summed E-state index contributed by atoms with van der Waals surface area (Å²) < 4.78 is 0. The number of aromatic hydroxyl groups is 1. The van der Waals surface area contributed by atoms with Crippen LogP contribution in [-0.2, 0) is 6.54 Å². The lowest BCUT2D eigenvalue weighted by Crippen LogP contribution is -2.40. The molecule has 2 N–H and O–H groups in total. The van der Waals surface area contributed by atoms with Gasteiger partial charge in [-0.3, -0.25) is 0 Å². The van der Waals surface area contributed by atoms with Gasteiger partial charge in [-0.05, 0) is 49.4 Å². The number of benzene rings is 2. The Balaban J connectivity index is 1.89. The smallest absolute Gasteiger partial charge is 0.120 e. The zero-order valence-electron chi connectivity index (χ0n) is 11.6. The van der Waals surface area contributed by atoms with Crippen LogP contribution in [0.15, 0.2) is 36.4 Å². The van der Waals surface area contributed by atoms with Crippen LogP contribution in [0.1, 0.15) is 32.3 Å². The van der Waals surface area contributed by atoms with Crippen molar-refractivity contribution in [2.45, 2.75) is 38.8 Å². The summed E-state index contributed by atoms with van der Waals surface area (Å²) in [7, 11) is 0. The normalized spacial score (nSPS) is 15.9. The highest BCUT2D eigenvalue weighted by Crippen LogP contribution is 2.39. The van der Waals surface area contributed by atoms with Crippen LogP contribution >= 0.6 is 0 Å². The molecule has 3 rings (SSSR count). The third-order valence-corrected chi connectivity index (χ3v) is 4.33. The van der Waals surface area contributed by atoms with Crippen LogP contribution in [0, 0.1) is 5.92 Å². The fourth-order valence-corrected chi connectivity index (χ4v) is 2.78. The zero-order valence-corrected chi connectivity index (χ0v) is 11.6. The van der Waals surface area contributed by atoms with E-state index in [4.69, 9.17) is 0 Å². The molecule has 0 unspecified atom stereocenters. The minimum Gasteiger partial charge on any atom is -0.508 e. The maximum absolute atomic E-state index is 10.1. The molecule has 0 amide bonds. The van der Waals surface area contributed by atoms with Crippen LogP contribution < -0.4 is 5.32 Å². The van der Waals surface area contributed by atoms with Gasteiger partial charge < -0.3 is 10.4 Å². The second kappa shape index (κ2) is 4.53. The third kappa shape index (κ3) is 2.45. The molecule has 0 heterocycles. The van der Waals surface area contributed by atoms with Gasteiger partial charge in [0.1, 0.15) is 5.75 Å². The molecule has 1 aliphatic carbocycles. The van der Waals surface area contributed by atoms with Crippen LogP contribution in [0.4, 0.5) is 0 Å². The monoisotopic (exact) mass is 255 g/mol. The first-order valence-corrected chi connectivity index (χ1v) is 7.02. The van der Waals surface area contributed by atoms with Crippen molar-refractivity contribution in [3.05, 3.63) is 42.0 Å². The van der Waals surface area contributed by atoms with Gasteiger partial charge in [-0.15, -0.1) is 0 Å². The Kier molecular flexibility index (Phi) is 2.98. The van der Waals surface area contributed by atoms with Crippen molar-refractivity contribution in [2.75, 3.05) is 0 Å². The Labute approximate surface area is 114 Å². The van der Waals surface area contributed by atoms with E-state index in [2.05, 4.69) is 31.3 Å². The number of rotatable bonds is 4. The summed E-state index contributed by atoms with van der Waals surface area (Å²) in [6, 6.07) is 12.0. The fourth-order valence-electron chi connectivity index (χ4n) is 2.78. The van der Waals surface area contributed by atoms with E-state index >= 15 is 0 Å². The van der Waals surface area contributed by atoms with Crippen LogP contribution in [0.2, 0.25) is 0 Å². The van der Waals surface area contributed by atoms with Crippen molar-refractivity contribution >= 4 is 10.8 Å². The van der Waals surface area contributed by atoms with Crippen molar-refractivity contribution in [3.63, 3.8) is 0 Å². The van der Waals surface area contributed by atoms with E-state index in [1.807, 2.05) is 18.2 Å². The van der Waals surface area contributed by atoms with E-state index in [1.54, 1.807) is 6.07 Å². The lowest BCUT2D eigenvalue weighted by atomic mass is 9.97. The van der Waals surface area contributed by atoms with Gasteiger partial charge in [0.05, 0.1) is 0 Å². The van der Waals surface area contributed by atoms with E-state index in [-0.39, 0.29) is 5.54 Å². The van der Waals surface area contributed by atoms with E-state index in [9.17, 15) is 5.11 Å².